The molecule has 36 heavy (non-hydrogen) atoms. The van der Waals surface area contributed by atoms with Gasteiger partial charge in [0, 0.05) is 48.5 Å². The van der Waals surface area contributed by atoms with Crippen LogP contribution < -0.4 is 15.4 Å². The number of carbonyl (C=O) groups excluding carboxylic acids is 1. The van der Waals surface area contributed by atoms with Crippen molar-refractivity contribution < 1.29 is 22.7 Å². The number of anilines is 1. The van der Waals surface area contributed by atoms with Gasteiger partial charge < -0.3 is 20.1 Å². The summed E-state index contributed by atoms with van der Waals surface area (Å²) in [7, 11) is -3.67. The molecule has 1 saturated heterocycles. The monoisotopic (exact) mass is 552 g/mol. The molecule has 0 saturated carbocycles. The molecule has 1 fully saturated rings. The highest BCUT2D eigenvalue weighted by atomic mass is 35.5. The van der Waals surface area contributed by atoms with Gasteiger partial charge in [-0.1, -0.05) is 23.2 Å². The van der Waals surface area contributed by atoms with Crippen molar-refractivity contribution in [2.75, 3.05) is 51.3 Å². The number of ether oxygens (including phenoxy) is 2. The lowest BCUT2D eigenvalue weighted by Gasteiger charge is -2.26. The second-order valence-corrected chi connectivity index (χ2v) is 10.8. The summed E-state index contributed by atoms with van der Waals surface area (Å²) >= 11 is 12.3. The van der Waals surface area contributed by atoms with Crippen molar-refractivity contribution in [2.45, 2.75) is 11.3 Å². The molecule has 0 unspecified atom stereocenters. The molecule has 3 aromatic rings. The van der Waals surface area contributed by atoms with E-state index in [1.807, 2.05) is 24.3 Å². The number of amides is 1. The highest BCUT2D eigenvalue weighted by molar-refractivity contribution is 7.89. The van der Waals surface area contributed by atoms with Gasteiger partial charge in [-0.25, -0.2) is 8.42 Å². The highest BCUT2D eigenvalue weighted by Gasteiger charge is 2.27. The topological polar surface area (TPSA) is 110 Å². The van der Waals surface area contributed by atoms with Crippen molar-refractivity contribution in [3.8, 4) is 5.75 Å². The zero-order chi connectivity index (χ0) is 25.5. The van der Waals surface area contributed by atoms with Gasteiger partial charge in [-0.15, -0.1) is 0 Å². The summed E-state index contributed by atoms with van der Waals surface area (Å²) in [5.41, 5.74) is 1.75. The Morgan fingerprint density at radius 2 is 1.89 bits per heavy atom. The van der Waals surface area contributed by atoms with E-state index in [9.17, 15) is 13.2 Å². The number of hydrogen-bond donors (Lipinski definition) is 2. The summed E-state index contributed by atoms with van der Waals surface area (Å²) in [5.74, 6) is -0.0702. The average Bonchev–Trinajstić information content (AvgIpc) is 2.88. The number of nitrogens with one attached hydrogen (secondary N) is 2. The van der Waals surface area contributed by atoms with E-state index in [0.29, 0.717) is 50.8 Å². The number of rotatable bonds is 10. The Hall–Kier alpha value is -2.63. The zero-order valence-electron chi connectivity index (χ0n) is 19.4. The van der Waals surface area contributed by atoms with E-state index in [0.717, 1.165) is 16.6 Å². The van der Waals surface area contributed by atoms with Crippen LogP contribution in [-0.2, 0) is 19.6 Å². The lowest BCUT2D eigenvalue weighted by atomic mass is 10.2. The minimum absolute atomic E-state index is 0.0729. The predicted molar refractivity (Wildman–Crippen MR) is 139 cm³/mol. The first-order valence-electron chi connectivity index (χ1n) is 11.4. The van der Waals surface area contributed by atoms with Crippen LogP contribution in [0.25, 0.3) is 10.9 Å². The maximum absolute atomic E-state index is 12.8. The van der Waals surface area contributed by atoms with Crippen molar-refractivity contribution >= 4 is 55.7 Å². The van der Waals surface area contributed by atoms with Crippen LogP contribution in [0.1, 0.15) is 6.42 Å². The third kappa shape index (κ3) is 6.57. The van der Waals surface area contributed by atoms with E-state index in [2.05, 4.69) is 15.6 Å². The van der Waals surface area contributed by atoms with Crippen molar-refractivity contribution in [2.24, 2.45) is 0 Å². The fourth-order valence-electron chi connectivity index (χ4n) is 3.70. The fourth-order valence-corrected chi connectivity index (χ4v) is 5.60. The van der Waals surface area contributed by atoms with Gasteiger partial charge in [-0.05, 0) is 48.9 Å². The number of fused-ring (bicyclic) bond motifs is 1. The van der Waals surface area contributed by atoms with E-state index < -0.39 is 10.0 Å². The standard InChI is InChI=1S/C24H26Cl2N4O5S/c25-17-2-4-19-21(6-9-28-22(19)14-17)27-7-1-8-29-24(31)16-35-23-5-3-18(15-20(23)26)36(32,33)30-10-12-34-13-11-30/h2-6,9,14-15H,1,7-8,10-13,16H2,(H,27,28)(H,29,31). The number of nitrogens with zero attached hydrogens (tertiary/aromatic N) is 2. The van der Waals surface area contributed by atoms with Gasteiger partial charge in [0.15, 0.2) is 6.61 Å². The Labute approximate surface area is 219 Å². The van der Waals surface area contributed by atoms with Crippen LogP contribution in [0.2, 0.25) is 10.0 Å². The number of carbonyl (C=O) groups is 1. The Bertz CT molecular complexity index is 1330. The third-order valence-corrected chi connectivity index (χ3v) is 7.99. The summed E-state index contributed by atoms with van der Waals surface area (Å²) in [4.78, 5) is 16.6. The van der Waals surface area contributed by atoms with Crippen molar-refractivity contribution in [3.63, 3.8) is 0 Å². The van der Waals surface area contributed by atoms with Crippen molar-refractivity contribution in [1.82, 2.24) is 14.6 Å². The molecule has 2 N–H and O–H groups in total. The molecule has 0 bridgehead atoms. The molecule has 12 heteroatoms. The summed E-state index contributed by atoms with van der Waals surface area (Å²) in [6, 6.07) is 11.7. The van der Waals surface area contributed by atoms with E-state index in [-0.39, 0.29) is 28.2 Å². The van der Waals surface area contributed by atoms with E-state index in [4.69, 9.17) is 32.7 Å². The Balaban J connectivity index is 1.21. The van der Waals surface area contributed by atoms with Gasteiger partial charge in [-0.2, -0.15) is 4.31 Å². The summed E-state index contributed by atoms with van der Waals surface area (Å²) in [6.45, 7) is 2.16. The summed E-state index contributed by atoms with van der Waals surface area (Å²) in [6.07, 6.45) is 2.41. The molecule has 0 aliphatic carbocycles. The summed E-state index contributed by atoms with van der Waals surface area (Å²) in [5, 5.41) is 7.86. The second kappa shape index (κ2) is 12.1. The third-order valence-electron chi connectivity index (χ3n) is 5.57. The average molecular weight is 553 g/mol. The molecular formula is C24H26Cl2N4O5S. The first-order valence-corrected chi connectivity index (χ1v) is 13.6. The molecule has 1 amide bonds. The van der Waals surface area contributed by atoms with Crippen molar-refractivity contribution in [1.29, 1.82) is 0 Å². The molecule has 0 atom stereocenters. The molecule has 4 rings (SSSR count). The molecule has 0 radical (unpaired) electrons. The van der Waals surface area contributed by atoms with E-state index in [1.165, 1.54) is 22.5 Å². The number of morpholine rings is 1. The molecule has 9 nitrogen and oxygen atoms in total. The van der Waals surface area contributed by atoms with Gasteiger partial charge in [0.2, 0.25) is 10.0 Å². The Kier molecular flexibility index (Phi) is 8.86. The smallest absolute Gasteiger partial charge is 0.257 e. The number of sulfonamides is 1. The van der Waals surface area contributed by atoms with Crippen LogP contribution in [0.5, 0.6) is 5.75 Å². The van der Waals surface area contributed by atoms with Crippen LogP contribution in [-0.4, -0.2) is 69.6 Å². The molecule has 1 aliphatic heterocycles. The van der Waals surface area contributed by atoms with Crippen LogP contribution in [0.4, 0.5) is 5.69 Å². The Morgan fingerprint density at radius 3 is 2.67 bits per heavy atom. The first kappa shape index (κ1) is 26.4. The highest BCUT2D eigenvalue weighted by Crippen LogP contribution is 2.29. The fraction of sp³-hybridized carbons (Fsp3) is 0.333. The molecule has 0 spiro atoms. The normalized spacial score (nSPS) is 14.5. The van der Waals surface area contributed by atoms with Crippen LogP contribution in [0.15, 0.2) is 53.6 Å². The molecule has 1 aromatic heterocycles. The van der Waals surface area contributed by atoms with Gasteiger partial charge in [-0.3, -0.25) is 9.78 Å². The lowest BCUT2D eigenvalue weighted by molar-refractivity contribution is -0.123. The molecule has 1 aliphatic rings. The SMILES string of the molecule is O=C(COc1ccc(S(=O)(=O)N2CCOCC2)cc1Cl)NCCCNc1ccnc2cc(Cl)ccc12. The quantitative estimate of drug-likeness (QED) is 0.370. The minimum atomic E-state index is -3.67. The van der Waals surface area contributed by atoms with Crippen LogP contribution in [0.3, 0.4) is 0 Å². The molecule has 2 aromatic carbocycles. The second-order valence-electron chi connectivity index (χ2n) is 8.05. The Morgan fingerprint density at radius 1 is 1.08 bits per heavy atom. The maximum Gasteiger partial charge on any atom is 0.257 e. The largest absolute Gasteiger partial charge is 0.482 e. The molecule has 192 valence electrons. The number of halogens is 2. The van der Waals surface area contributed by atoms with Gasteiger partial charge >= 0.3 is 0 Å². The van der Waals surface area contributed by atoms with Crippen molar-refractivity contribution in [3.05, 3.63) is 58.7 Å². The molecular weight excluding hydrogens is 527 g/mol. The van der Waals surface area contributed by atoms with Gasteiger partial charge in [0.1, 0.15) is 5.75 Å². The first-order chi connectivity index (χ1) is 17.3. The van der Waals surface area contributed by atoms with E-state index >= 15 is 0 Å². The predicted octanol–water partition coefficient (Wildman–Crippen LogP) is 3.56. The minimum Gasteiger partial charge on any atom is -0.482 e. The number of hydrogen-bond acceptors (Lipinski definition) is 7. The van der Waals surface area contributed by atoms with Crippen LogP contribution >= 0.6 is 23.2 Å². The number of aromatic nitrogens is 1. The zero-order valence-corrected chi connectivity index (χ0v) is 21.7. The number of benzene rings is 2. The number of pyridine rings is 1. The van der Waals surface area contributed by atoms with Gasteiger partial charge in [0.25, 0.3) is 5.91 Å². The lowest BCUT2D eigenvalue weighted by Crippen LogP contribution is -2.40. The van der Waals surface area contributed by atoms with Crippen LogP contribution in [0, 0.1) is 0 Å². The molecule has 2 heterocycles. The maximum atomic E-state index is 12.8. The van der Waals surface area contributed by atoms with Gasteiger partial charge in [0.05, 0.1) is 28.6 Å². The summed E-state index contributed by atoms with van der Waals surface area (Å²) < 4.78 is 37.6. The van der Waals surface area contributed by atoms with E-state index in [1.54, 1.807) is 6.20 Å².